The molecule has 0 aliphatic rings. The van der Waals surface area contributed by atoms with Gasteiger partial charge in [-0.25, -0.2) is 0 Å². The fourth-order valence-corrected chi connectivity index (χ4v) is 2.38. The maximum Gasteiger partial charge on any atom is 0.244 e. The number of hydrogen-bond acceptors (Lipinski definition) is 2. The minimum Gasteiger partial charge on any atom is -0.370 e. The van der Waals surface area contributed by atoms with Crippen LogP contribution in [0.15, 0.2) is 57.5 Å². The number of halogens is 2. The van der Waals surface area contributed by atoms with Crippen LogP contribution < -0.4 is 11.1 Å². The summed E-state index contributed by atoms with van der Waals surface area (Å²) in [4.78, 5) is 11.6. The van der Waals surface area contributed by atoms with E-state index in [1.807, 2.05) is 48.5 Å². The van der Waals surface area contributed by atoms with Crippen LogP contribution in [0.5, 0.6) is 0 Å². The molecule has 2 aromatic carbocycles. The highest BCUT2D eigenvalue weighted by Crippen LogP contribution is 2.23. The summed E-state index contributed by atoms with van der Waals surface area (Å²) in [6, 6.07) is 14.5. The summed E-state index contributed by atoms with van der Waals surface area (Å²) in [7, 11) is 0. The Kier molecular flexibility index (Phi) is 4.61. The molecule has 2 rings (SSSR count). The van der Waals surface area contributed by atoms with E-state index in [1.54, 1.807) is 0 Å². The monoisotopic (exact) mass is 382 g/mol. The molecule has 1 atom stereocenters. The van der Waals surface area contributed by atoms with Gasteiger partial charge < -0.3 is 11.1 Å². The summed E-state index contributed by atoms with van der Waals surface area (Å²) in [5.41, 5.74) is 7.13. The number of rotatable bonds is 4. The molecule has 2 aromatic rings. The van der Waals surface area contributed by atoms with Gasteiger partial charge in [0, 0.05) is 14.6 Å². The van der Waals surface area contributed by atoms with Crippen molar-refractivity contribution in [3.8, 4) is 0 Å². The van der Waals surface area contributed by atoms with Crippen molar-refractivity contribution in [3.05, 3.63) is 63.0 Å². The molecular weight excluding hydrogens is 372 g/mol. The predicted molar refractivity (Wildman–Crippen MR) is 83.8 cm³/mol. The van der Waals surface area contributed by atoms with Gasteiger partial charge in [0.05, 0.1) is 0 Å². The van der Waals surface area contributed by atoms with E-state index in [1.165, 1.54) is 0 Å². The van der Waals surface area contributed by atoms with Gasteiger partial charge in [-0.2, -0.15) is 0 Å². The number of anilines is 1. The van der Waals surface area contributed by atoms with E-state index in [0.717, 1.165) is 20.2 Å². The molecule has 0 heterocycles. The Morgan fingerprint density at radius 3 is 2.32 bits per heavy atom. The lowest BCUT2D eigenvalue weighted by Gasteiger charge is -2.17. The van der Waals surface area contributed by atoms with Gasteiger partial charge in [-0.1, -0.05) is 50.1 Å². The van der Waals surface area contributed by atoms with Crippen LogP contribution in [0.2, 0.25) is 0 Å². The van der Waals surface area contributed by atoms with Gasteiger partial charge >= 0.3 is 0 Å². The van der Waals surface area contributed by atoms with Crippen LogP contribution in [0.25, 0.3) is 0 Å². The first-order valence-electron chi connectivity index (χ1n) is 5.63. The molecule has 1 amide bonds. The topological polar surface area (TPSA) is 55.1 Å². The number of amides is 1. The lowest BCUT2D eigenvalue weighted by Crippen LogP contribution is -2.27. The average molecular weight is 384 g/mol. The van der Waals surface area contributed by atoms with Crippen molar-refractivity contribution in [2.24, 2.45) is 5.73 Å². The van der Waals surface area contributed by atoms with Crippen molar-refractivity contribution in [1.82, 2.24) is 0 Å². The maximum atomic E-state index is 11.6. The van der Waals surface area contributed by atoms with Crippen LogP contribution in [0, 0.1) is 0 Å². The predicted octanol–water partition coefficient (Wildman–Crippen LogP) is 3.85. The van der Waals surface area contributed by atoms with Gasteiger partial charge in [-0.15, -0.1) is 0 Å². The van der Waals surface area contributed by atoms with Crippen LogP contribution in [0.3, 0.4) is 0 Å². The fourth-order valence-electron chi connectivity index (χ4n) is 1.72. The molecular formula is C14H12Br2N2O. The van der Waals surface area contributed by atoms with E-state index in [4.69, 9.17) is 5.73 Å². The van der Waals surface area contributed by atoms with Gasteiger partial charge in [0.1, 0.15) is 6.04 Å². The summed E-state index contributed by atoms with van der Waals surface area (Å²) in [5, 5.41) is 3.14. The molecule has 0 saturated carbocycles. The summed E-state index contributed by atoms with van der Waals surface area (Å²) in [6.07, 6.45) is 0. The van der Waals surface area contributed by atoms with Crippen molar-refractivity contribution in [2.45, 2.75) is 6.04 Å². The Balaban J connectivity index is 2.26. The average Bonchev–Trinajstić information content (AvgIpc) is 2.37. The number of carbonyl (C=O) groups excluding carboxylic acids is 1. The molecule has 0 aliphatic carbocycles. The minimum atomic E-state index is -0.553. The van der Waals surface area contributed by atoms with Crippen molar-refractivity contribution in [2.75, 3.05) is 5.32 Å². The number of benzene rings is 2. The highest BCUT2D eigenvalue weighted by molar-refractivity contribution is 9.10. The third-order valence-electron chi connectivity index (χ3n) is 2.62. The van der Waals surface area contributed by atoms with Gasteiger partial charge in [0.15, 0.2) is 0 Å². The van der Waals surface area contributed by atoms with Gasteiger partial charge in [0.2, 0.25) is 5.91 Å². The summed E-state index contributed by atoms with van der Waals surface area (Å²) < 4.78 is 1.90. The molecule has 19 heavy (non-hydrogen) atoms. The van der Waals surface area contributed by atoms with Crippen LogP contribution in [-0.2, 0) is 4.79 Å². The van der Waals surface area contributed by atoms with Crippen LogP contribution in [-0.4, -0.2) is 5.91 Å². The van der Waals surface area contributed by atoms with E-state index < -0.39 is 11.9 Å². The second kappa shape index (κ2) is 6.21. The highest BCUT2D eigenvalue weighted by atomic mass is 79.9. The zero-order chi connectivity index (χ0) is 13.8. The molecule has 0 bridgehead atoms. The second-order valence-corrected chi connectivity index (χ2v) is 5.87. The largest absolute Gasteiger partial charge is 0.370 e. The zero-order valence-corrected chi connectivity index (χ0v) is 13.1. The van der Waals surface area contributed by atoms with Crippen molar-refractivity contribution >= 4 is 43.5 Å². The first-order valence-corrected chi connectivity index (χ1v) is 7.22. The lowest BCUT2D eigenvalue weighted by atomic mass is 10.1. The molecule has 98 valence electrons. The van der Waals surface area contributed by atoms with E-state index in [2.05, 4.69) is 37.2 Å². The van der Waals surface area contributed by atoms with Gasteiger partial charge in [-0.3, -0.25) is 4.79 Å². The van der Waals surface area contributed by atoms with Crippen LogP contribution in [0.1, 0.15) is 11.6 Å². The summed E-state index contributed by atoms with van der Waals surface area (Å²) >= 11 is 6.76. The summed E-state index contributed by atoms with van der Waals surface area (Å²) in [6.45, 7) is 0. The Bertz CT molecular complexity index is 584. The number of nitrogens with one attached hydrogen (secondary N) is 1. The van der Waals surface area contributed by atoms with Crippen molar-refractivity contribution in [3.63, 3.8) is 0 Å². The molecule has 0 radical (unpaired) electrons. The molecule has 0 fully saturated rings. The molecule has 0 aromatic heterocycles. The fraction of sp³-hybridized carbons (Fsp3) is 0.0714. The Morgan fingerprint density at radius 1 is 1.05 bits per heavy atom. The van der Waals surface area contributed by atoms with E-state index in [-0.39, 0.29) is 0 Å². The van der Waals surface area contributed by atoms with Crippen LogP contribution in [0.4, 0.5) is 5.69 Å². The lowest BCUT2D eigenvalue weighted by molar-refractivity contribution is -0.118. The Morgan fingerprint density at radius 2 is 1.74 bits per heavy atom. The van der Waals surface area contributed by atoms with Gasteiger partial charge in [0.25, 0.3) is 0 Å². The number of carbonyl (C=O) groups is 1. The quantitative estimate of drug-likeness (QED) is 0.842. The first kappa shape index (κ1) is 14.1. The molecule has 1 unspecified atom stereocenters. The third-order valence-corrected chi connectivity index (χ3v) is 3.65. The van der Waals surface area contributed by atoms with Crippen LogP contribution >= 0.6 is 31.9 Å². The maximum absolute atomic E-state index is 11.6. The second-order valence-electron chi connectivity index (χ2n) is 4.04. The van der Waals surface area contributed by atoms with Gasteiger partial charge in [-0.05, 0) is 35.9 Å². The standard InChI is InChI=1S/C14H12Br2N2O/c15-10-6-4-9(5-7-10)13(14(17)19)18-12-3-1-2-11(16)8-12/h1-8,13,18H,(H2,17,19). The third kappa shape index (κ3) is 3.81. The van der Waals surface area contributed by atoms with E-state index >= 15 is 0 Å². The molecule has 3 nitrogen and oxygen atoms in total. The Hall–Kier alpha value is -1.33. The number of hydrogen-bond donors (Lipinski definition) is 2. The molecule has 0 spiro atoms. The van der Waals surface area contributed by atoms with E-state index in [0.29, 0.717) is 0 Å². The molecule has 3 N–H and O–H groups in total. The number of nitrogens with two attached hydrogens (primary N) is 1. The zero-order valence-electron chi connectivity index (χ0n) is 9.94. The Labute approximate surface area is 128 Å². The number of primary amides is 1. The molecule has 5 heteroatoms. The van der Waals surface area contributed by atoms with Crippen molar-refractivity contribution in [1.29, 1.82) is 0 Å². The normalized spacial score (nSPS) is 11.9. The van der Waals surface area contributed by atoms with E-state index in [9.17, 15) is 4.79 Å². The smallest absolute Gasteiger partial charge is 0.244 e. The molecule has 0 aliphatic heterocycles. The highest BCUT2D eigenvalue weighted by Gasteiger charge is 2.17. The molecule has 0 saturated heterocycles. The minimum absolute atomic E-state index is 0.415. The SMILES string of the molecule is NC(=O)C(Nc1cccc(Br)c1)c1ccc(Br)cc1. The van der Waals surface area contributed by atoms with Crippen molar-refractivity contribution < 1.29 is 4.79 Å². The first-order chi connectivity index (χ1) is 9.06. The summed E-state index contributed by atoms with van der Waals surface area (Å²) in [5.74, 6) is -0.415.